The quantitative estimate of drug-likeness (QED) is 0.839. The van der Waals surface area contributed by atoms with Crippen LogP contribution in [-0.2, 0) is 11.3 Å². The maximum atomic E-state index is 11.5. The molecule has 0 bridgehead atoms. The molecule has 0 radical (unpaired) electrons. The lowest BCUT2D eigenvalue weighted by atomic mass is 10.2. The van der Waals surface area contributed by atoms with E-state index in [4.69, 9.17) is 9.84 Å². The van der Waals surface area contributed by atoms with Gasteiger partial charge in [0, 0.05) is 0 Å². The molecule has 5 heteroatoms. The molecule has 4 nitrogen and oxygen atoms in total. The number of aliphatic hydroxyl groups is 1. The number of anilines is 1. The highest BCUT2D eigenvalue weighted by atomic mass is 32.1. The van der Waals surface area contributed by atoms with Gasteiger partial charge in [-0.1, -0.05) is 0 Å². The van der Waals surface area contributed by atoms with Crippen LogP contribution in [0.15, 0.2) is 5.38 Å². The fraction of sp³-hybridized carbons (Fsp3) is 0.545. The normalized spacial score (nSPS) is 11.3. The first-order valence-electron chi connectivity index (χ1n) is 5.01. The maximum Gasteiger partial charge on any atom is 0.412 e. The topological polar surface area (TPSA) is 58.6 Å². The molecule has 0 spiro atoms. The number of nitrogens with one attached hydrogen (secondary N) is 1. The van der Waals surface area contributed by atoms with Gasteiger partial charge >= 0.3 is 6.09 Å². The fourth-order valence-electron chi connectivity index (χ4n) is 1.19. The number of carbonyl (C=O) groups is 1. The molecular formula is C11H17NO3S. The maximum absolute atomic E-state index is 11.5. The Morgan fingerprint density at radius 3 is 2.69 bits per heavy atom. The summed E-state index contributed by atoms with van der Waals surface area (Å²) in [5, 5.41) is 13.6. The first-order valence-corrected chi connectivity index (χ1v) is 5.89. The number of thiophene rings is 1. The van der Waals surface area contributed by atoms with Crippen LogP contribution >= 0.6 is 11.3 Å². The second-order valence-electron chi connectivity index (χ2n) is 4.50. The molecule has 0 saturated carbocycles. The third-order valence-corrected chi connectivity index (χ3v) is 2.91. The number of hydrogen-bond acceptors (Lipinski definition) is 4. The van der Waals surface area contributed by atoms with Crippen molar-refractivity contribution in [1.82, 2.24) is 0 Å². The van der Waals surface area contributed by atoms with Crippen LogP contribution in [0.1, 0.15) is 31.2 Å². The highest BCUT2D eigenvalue weighted by molar-refractivity contribution is 7.10. The van der Waals surface area contributed by atoms with E-state index in [1.807, 2.05) is 12.3 Å². The predicted octanol–water partition coefficient (Wildman–Crippen LogP) is 2.90. The van der Waals surface area contributed by atoms with E-state index in [2.05, 4.69) is 5.32 Å². The summed E-state index contributed by atoms with van der Waals surface area (Å²) in [5.41, 5.74) is 1.06. The highest BCUT2D eigenvalue weighted by Gasteiger charge is 2.18. The minimum Gasteiger partial charge on any atom is -0.444 e. The van der Waals surface area contributed by atoms with Gasteiger partial charge < -0.3 is 9.84 Å². The van der Waals surface area contributed by atoms with Crippen LogP contribution in [0.25, 0.3) is 0 Å². The Morgan fingerprint density at radius 1 is 1.56 bits per heavy atom. The molecule has 0 aliphatic heterocycles. The molecule has 90 valence electrons. The number of hydrogen-bond donors (Lipinski definition) is 2. The first-order chi connectivity index (χ1) is 7.33. The average molecular weight is 243 g/mol. The average Bonchev–Trinajstić information content (AvgIpc) is 2.44. The summed E-state index contributed by atoms with van der Waals surface area (Å²) in [4.78, 5) is 12.3. The Kier molecular flexibility index (Phi) is 3.93. The van der Waals surface area contributed by atoms with Crippen LogP contribution in [0, 0.1) is 6.92 Å². The molecule has 1 rings (SSSR count). The van der Waals surface area contributed by atoms with Gasteiger partial charge in [-0.2, -0.15) is 0 Å². The van der Waals surface area contributed by atoms with Crippen molar-refractivity contribution in [2.24, 2.45) is 0 Å². The van der Waals surface area contributed by atoms with E-state index in [9.17, 15) is 4.79 Å². The lowest BCUT2D eigenvalue weighted by Gasteiger charge is -2.20. The van der Waals surface area contributed by atoms with Crippen molar-refractivity contribution < 1.29 is 14.6 Å². The van der Waals surface area contributed by atoms with Crippen LogP contribution in [-0.4, -0.2) is 16.8 Å². The molecule has 1 aromatic rings. The van der Waals surface area contributed by atoms with E-state index in [1.54, 1.807) is 20.8 Å². The lowest BCUT2D eigenvalue weighted by Crippen LogP contribution is -2.27. The van der Waals surface area contributed by atoms with Crippen molar-refractivity contribution in [2.45, 2.75) is 39.9 Å². The summed E-state index contributed by atoms with van der Waals surface area (Å²) in [6, 6.07) is 0. The van der Waals surface area contributed by atoms with E-state index < -0.39 is 11.7 Å². The first kappa shape index (κ1) is 13.0. The van der Waals surface area contributed by atoms with Gasteiger partial charge in [-0.25, -0.2) is 4.79 Å². The molecule has 0 unspecified atom stereocenters. The second-order valence-corrected chi connectivity index (χ2v) is 5.47. The molecule has 0 fully saturated rings. The van der Waals surface area contributed by atoms with Gasteiger partial charge in [0.05, 0.1) is 17.2 Å². The standard InChI is InChI=1S/C11H17NO3S/c1-7-6-16-8(5-13)9(7)12-10(14)15-11(2,3)4/h6,13H,5H2,1-4H3,(H,12,14). The van der Waals surface area contributed by atoms with Crippen molar-refractivity contribution in [3.05, 3.63) is 15.8 Å². The summed E-state index contributed by atoms with van der Waals surface area (Å²) < 4.78 is 5.14. The van der Waals surface area contributed by atoms with Gasteiger partial charge in [-0.3, -0.25) is 5.32 Å². The van der Waals surface area contributed by atoms with Gasteiger partial charge in [0.15, 0.2) is 0 Å². The molecule has 0 aliphatic rings. The summed E-state index contributed by atoms with van der Waals surface area (Å²) in [7, 11) is 0. The van der Waals surface area contributed by atoms with Crippen LogP contribution in [0.5, 0.6) is 0 Å². The van der Waals surface area contributed by atoms with Gasteiger partial charge in [0.2, 0.25) is 0 Å². The summed E-state index contributed by atoms with van der Waals surface area (Å²) >= 11 is 1.42. The largest absolute Gasteiger partial charge is 0.444 e. The van der Waals surface area contributed by atoms with Crippen molar-refractivity contribution in [3.8, 4) is 0 Å². The highest BCUT2D eigenvalue weighted by Crippen LogP contribution is 2.27. The summed E-state index contributed by atoms with van der Waals surface area (Å²) in [5.74, 6) is 0. The van der Waals surface area contributed by atoms with Crippen molar-refractivity contribution >= 4 is 23.1 Å². The van der Waals surface area contributed by atoms with Gasteiger partial charge in [-0.05, 0) is 38.6 Å². The smallest absolute Gasteiger partial charge is 0.412 e. The van der Waals surface area contributed by atoms with E-state index in [-0.39, 0.29) is 6.61 Å². The lowest BCUT2D eigenvalue weighted by molar-refractivity contribution is 0.0635. The number of amides is 1. The van der Waals surface area contributed by atoms with Gasteiger partial charge in [-0.15, -0.1) is 11.3 Å². The number of carbonyl (C=O) groups excluding carboxylic acids is 1. The van der Waals surface area contributed by atoms with Crippen LogP contribution in [0.3, 0.4) is 0 Å². The minimum atomic E-state index is -0.520. The van der Waals surface area contributed by atoms with Gasteiger partial charge in [0.25, 0.3) is 0 Å². The number of aryl methyl sites for hydroxylation is 1. The SMILES string of the molecule is Cc1csc(CO)c1NC(=O)OC(C)(C)C. The second kappa shape index (κ2) is 4.84. The Hall–Kier alpha value is -1.07. The zero-order chi connectivity index (χ0) is 12.3. The van der Waals surface area contributed by atoms with E-state index in [0.29, 0.717) is 5.69 Å². The molecule has 0 atom stereocenters. The molecule has 0 aromatic carbocycles. The fourth-order valence-corrected chi connectivity index (χ4v) is 2.03. The molecule has 16 heavy (non-hydrogen) atoms. The summed E-state index contributed by atoms with van der Waals surface area (Å²) in [6.07, 6.45) is -0.497. The Bertz CT molecular complexity index is 379. The van der Waals surface area contributed by atoms with Crippen molar-refractivity contribution in [2.75, 3.05) is 5.32 Å². The van der Waals surface area contributed by atoms with E-state index in [0.717, 1.165) is 10.4 Å². The molecule has 0 saturated heterocycles. The molecule has 1 heterocycles. The monoisotopic (exact) mass is 243 g/mol. The Balaban J connectivity index is 2.73. The molecule has 1 amide bonds. The number of ether oxygens (including phenoxy) is 1. The van der Waals surface area contributed by atoms with Crippen molar-refractivity contribution in [3.63, 3.8) is 0 Å². The van der Waals surface area contributed by atoms with Gasteiger partial charge in [0.1, 0.15) is 5.60 Å². The Labute approximate surface area is 99.2 Å². The molecular weight excluding hydrogens is 226 g/mol. The Morgan fingerprint density at radius 2 is 2.19 bits per heavy atom. The van der Waals surface area contributed by atoms with Crippen molar-refractivity contribution in [1.29, 1.82) is 0 Å². The molecule has 1 aromatic heterocycles. The van der Waals surface area contributed by atoms with Crippen LogP contribution in [0.2, 0.25) is 0 Å². The number of aliphatic hydroxyl groups excluding tert-OH is 1. The zero-order valence-corrected chi connectivity index (χ0v) is 10.8. The third-order valence-electron chi connectivity index (χ3n) is 1.82. The molecule has 0 aliphatic carbocycles. The predicted molar refractivity (Wildman–Crippen MR) is 64.8 cm³/mol. The molecule has 2 N–H and O–H groups in total. The summed E-state index contributed by atoms with van der Waals surface area (Å²) in [6.45, 7) is 7.21. The van der Waals surface area contributed by atoms with Crippen LogP contribution < -0.4 is 5.32 Å². The number of rotatable bonds is 2. The zero-order valence-electron chi connectivity index (χ0n) is 9.96. The third kappa shape index (κ3) is 3.50. The van der Waals surface area contributed by atoms with E-state index in [1.165, 1.54) is 11.3 Å². The minimum absolute atomic E-state index is 0.0797. The van der Waals surface area contributed by atoms with Crippen LogP contribution in [0.4, 0.5) is 10.5 Å². The van der Waals surface area contributed by atoms with E-state index >= 15 is 0 Å².